The van der Waals surface area contributed by atoms with Crippen LogP contribution in [0.2, 0.25) is 0 Å². The van der Waals surface area contributed by atoms with Crippen molar-refractivity contribution in [2.75, 3.05) is 19.7 Å². The Labute approximate surface area is 156 Å². The smallest absolute Gasteiger partial charge is 0.409 e. The third kappa shape index (κ3) is 3.45. The molecule has 0 atom stereocenters. The van der Waals surface area contributed by atoms with Crippen LogP contribution in [0.25, 0.3) is 21.8 Å². The summed E-state index contributed by atoms with van der Waals surface area (Å²) in [6.45, 7) is 3.35. The molecule has 2 amide bonds. The predicted molar refractivity (Wildman–Crippen MR) is 103 cm³/mol. The first kappa shape index (κ1) is 17.3. The number of ether oxygens (including phenoxy) is 1. The molecule has 1 aliphatic rings. The van der Waals surface area contributed by atoms with Crippen molar-refractivity contribution in [1.82, 2.24) is 20.2 Å². The van der Waals surface area contributed by atoms with E-state index < -0.39 is 0 Å². The van der Waals surface area contributed by atoms with Crippen molar-refractivity contribution >= 4 is 33.8 Å². The fraction of sp³-hybridized carbons (Fsp3) is 0.350. The molecule has 0 radical (unpaired) electrons. The summed E-state index contributed by atoms with van der Waals surface area (Å²) in [5, 5.41) is 5.06. The second kappa shape index (κ2) is 7.26. The topological polar surface area (TPSA) is 87.3 Å². The molecule has 7 nitrogen and oxygen atoms in total. The van der Waals surface area contributed by atoms with Gasteiger partial charge in [-0.1, -0.05) is 18.2 Å². The number of aromatic amines is 1. The zero-order valence-electron chi connectivity index (χ0n) is 15.2. The second-order valence-electron chi connectivity index (χ2n) is 6.72. The van der Waals surface area contributed by atoms with E-state index in [2.05, 4.69) is 15.3 Å². The lowest BCUT2D eigenvalue weighted by Gasteiger charge is -2.31. The monoisotopic (exact) mass is 366 g/mol. The number of hydrogen-bond acceptors (Lipinski definition) is 4. The highest BCUT2D eigenvalue weighted by atomic mass is 16.6. The molecule has 3 heterocycles. The number of nitrogens with one attached hydrogen (secondary N) is 2. The van der Waals surface area contributed by atoms with Gasteiger partial charge in [0.05, 0.1) is 17.6 Å². The van der Waals surface area contributed by atoms with Gasteiger partial charge in [-0.25, -0.2) is 4.79 Å². The summed E-state index contributed by atoms with van der Waals surface area (Å²) in [6.07, 6.45) is 2.90. The Morgan fingerprint density at radius 2 is 2.04 bits per heavy atom. The molecule has 7 heteroatoms. The maximum atomic E-state index is 12.7. The largest absolute Gasteiger partial charge is 0.450 e. The molecular weight excluding hydrogens is 344 g/mol. The normalized spacial score (nSPS) is 15.2. The van der Waals surface area contributed by atoms with Gasteiger partial charge in [0.1, 0.15) is 5.69 Å². The summed E-state index contributed by atoms with van der Waals surface area (Å²) < 4.78 is 5.02. The number of piperidine rings is 1. The number of amides is 2. The van der Waals surface area contributed by atoms with Crippen LogP contribution >= 0.6 is 0 Å². The Morgan fingerprint density at radius 1 is 1.26 bits per heavy atom. The van der Waals surface area contributed by atoms with Crippen LogP contribution in [0.4, 0.5) is 4.79 Å². The Kier molecular flexibility index (Phi) is 4.66. The standard InChI is InChI=1S/C20H22N4O3/c1-2-27-20(26)24-10-7-15(8-11-24)22-19(25)16-12-14-6-5-13-4-3-9-21-17(13)18(14)23-16/h3-6,9,12,15,23H,2,7-8,10-11H2,1H3,(H,22,25). The number of pyridine rings is 1. The molecule has 0 unspecified atom stereocenters. The average molecular weight is 366 g/mol. The number of hydrogen-bond donors (Lipinski definition) is 2. The lowest BCUT2D eigenvalue weighted by molar-refractivity contribution is 0.0857. The Bertz CT molecular complexity index is 989. The summed E-state index contributed by atoms with van der Waals surface area (Å²) in [5.74, 6) is -0.134. The SMILES string of the molecule is CCOC(=O)N1CCC(NC(=O)c2cc3ccc4cccnc4c3[nH]2)CC1. The average Bonchev–Trinajstić information content (AvgIpc) is 3.14. The van der Waals surface area contributed by atoms with Crippen molar-refractivity contribution in [3.8, 4) is 0 Å². The molecule has 1 aromatic carbocycles. The van der Waals surface area contributed by atoms with E-state index in [-0.39, 0.29) is 18.0 Å². The zero-order chi connectivity index (χ0) is 18.8. The number of H-pyrrole nitrogens is 1. The van der Waals surface area contributed by atoms with E-state index in [4.69, 9.17) is 4.74 Å². The van der Waals surface area contributed by atoms with E-state index in [0.29, 0.717) is 25.4 Å². The van der Waals surface area contributed by atoms with Crippen LogP contribution < -0.4 is 5.32 Å². The van der Waals surface area contributed by atoms with E-state index in [0.717, 1.165) is 34.6 Å². The van der Waals surface area contributed by atoms with Gasteiger partial charge in [0.25, 0.3) is 5.91 Å². The number of likely N-dealkylation sites (tertiary alicyclic amines) is 1. The summed E-state index contributed by atoms with van der Waals surface area (Å²) >= 11 is 0. The highest BCUT2D eigenvalue weighted by molar-refractivity contribution is 6.07. The number of carbonyl (C=O) groups excluding carboxylic acids is 2. The van der Waals surface area contributed by atoms with Gasteiger partial charge in [-0.2, -0.15) is 0 Å². The maximum absolute atomic E-state index is 12.7. The van der Waals surface area contributed by atoms with Crippen LogP contribution in [0.3, 0.4) is 0 Å². The molecule has 0 bridgehead atoms. The number of nitrogens with zero attached hydrogens (tertiary/aromatic N) is 2. The quantitative estimate of drug-likeness (QED) is 0.746. The van der Waals surface area contributed by atoms with Crippen molar-refractivity contribution in [2.24, 2.45) is 0 Å². The fourth-order valence-electron chi connectivity index (χ4n) is 3.55. The minimum absolute atomic E-state index is 0.0458. The van der Waals surface area contributed by atoms with E-state index in [1.807, 2.05) is 30.3 Å². The van der Waals surface area contributed by atoms with Crippen LogP contribution in [-0.4, -0.2) is 52.6 Å². The van der Waals surface area contributed by atoms with E-state index in [9.17, 15) is 9.59 Å². The Morgan fingerprint density at radius 3 is 2.81 bits per heavy atom. The Hall–Kier alpha value is -3.09. The fourth-order valence-corrected chi connectivity index (χ4v) is 3.55. The highest BCUT2D eigenvalue weighted by Crippen LogP contribution is 2.24. The van der Waals surface area contributed by atoms with Gasteiger partial charge in [0.2, 0.25) is 0 Å². The first-order chi connectivity index (χ1) is 13.2. The van der Waals surface area contributed by atoms with Gasteiger partial charge >= 0.3 is 6.09 Å². The second-order valence-corrected chi connectivity index (χ2v) is 6.72. The minimum Gasteiger partial charge on any atom is -0.450 e. The lowest BCUT2D eigenvalue weighted by atomic mass is 10.1. The van der Waals surface area contributed by atoms with Crippen molar-refractivity contribution in [2.45, 2.75) is 25.8 Å². The van der Waals surface area contributed by atoms with Crippen LogP contribution in [0, 0.1) is 0 Å². The van der Waals surface area contributed by atoms with E-state index in [1.54, 1.807) is 18.0 Å². The summed E-state index contributed by atoms with van der Waals surface area (Å²) in [7, 11) is 0. The first-order valence-electron chi connectivity index (χ1n) is 9.24. The van der Waals surface area contributed by atoms with Gasteiger partial charge in [-0.05, 0) is 31.9 Å². The molecule has 1 saturated heterocycles. The van der Waals surface area contributed by atoms with Crippen LogP contribution in [0.1, 0.15) is 30.3 Å². The lowest BCUT2D eigenvalue weighted by Crippen LogP contribution is -2.46. The molecule has 0 spiro atoms. The van der Waals surface area contributed by atoms with Gasteiger partial charge in [0, 0.05) is 36.1 Å². The van der Waals surface area contributed by atoms with E-state index in [1.165, 1.54) is 0 Å². The maximum Gasteiger partial charge on any atom is 0.409 e. The van der Waals surface area contributed by atoms with Crippen LogP contribution in [-0.2, 0) is 4.74 Å². The minimum atomic E-state index is -0.280. The predicted octanol–water partition coefficient (Wildman–Crippen LogP) is 3.07. The van der Waals surface area contributed by atoms with Crippen molar-refractivity contribution in [3.05, 3.63) is 42.2 Å². The molecule has 3 aromatic rings. The van der Waals surface area contributed by atoms with Crippen molar-refractivity contribution in [1.29, 1.82) is 0 Å². The Balaban J connectivity index is 1.45. The van der Waals surface area contributed by atoms with Crippen molar-refractivity contribution < 1.29 is 14.3 Å². The van der Waals surface area contributed by atoms with Crippen LogP contribution in [0.5, 0.6) is 0 Å². The molecule has 0 saturated carbocycles. The number of rotatable bonds is 3. The number of carbonyl (C=O) groups is 2. The third-order valence-corrected chi connectivity index (χ3v) is 4.97. The summed E-state index contributed by atoms with van der Waals surface area (Å²) in [4.78, 5) is 33.8. The van der Waals surface area contributed by atoms with Crippen LogP contribution in [0.15, 0.2) is 36.5 Å². The van der Waals surface area contributed by atoms with Crippen molar-refractivity contribution in [3.63, 3.8) is 0 Å². The van der Waals surface area contributed by atoms with Gasteiger partial charge in [-0.15, -0.1) is 0 Å². The van der Waals surface area contributed by atoms with E-state index >= 15 is 0 Å². The van der Waals surface area contributed by atoms with Gasteiger partial charge in [-0.3, -0.25) is 9.78 Å². The molecule has 0 aliphatic carbocycles. The molecule has 1 fully saturated rings. The van der Waals surface area contributed by atoms with Gasteiger partial charge < -0.3 is 19.9 Å². The zero-order valence-corrected chi connectivity index (χ0v) is 15.2. The molecule has 27 heavy (non-hydrogen) atoms. The number of fused-ring (bicyclic) bond motifs is 3. The number of aromatic nitrogens is 2. The first-order valence-corrected chi connectivity index (χ1v) is 9.24. The molecule has 140 valence electrons. The molecular formula is C20H22N4O3. The molecule has 2 N–H and O–H groups in total. The number of benzene rings is 1. The molecule has 1 aliphatic heterocycles. The summed E-state index contributed by atoms with van der Waals surface area (Å²) in [6, 6.07) is 9.79. The van der Waals surface area contributed by atoms with Gasteiger partial charge in [0.15, 0.2) is 0 Å². The summed E-state index contributed by atoms with van der Waals surface area (Å²) in [5.41, 5.74) is 2.25. The molecule has 4 rings (SSSR count). The highest BCUT2D eigenvalue weighted by Gasteiger charge is 2.25. The molecule has 2 aromatic heterocycles. The third-order valence-electron chi connectivity index (χ3n) is 4.97.